The molecule has 0 bridgehead atoms. The molecular weight excluding hydrogens is 380 g/mol. The van der Waals surface area contributed by atoms with E-state index in [4.69, 9.17) is 9.47 Å². The first-order valence-electron chi connectivity index (χ1n) is 12.6. The lowest BCUT2D eigenvalue weighted by atomic mass is 10.0. The first kappa shape index (κ1) is 28.9. The number of rotatable bonds is 22. The second-order valence-corrected chi connectivity index (χ2v) is 8.47. The topological polar surface area (TPSA) is 72.8 Å². The Kier molecular flexibility index (Phi) is 21.8. The first-order chi connectivity index (χ1) is 14.6. The van der Waals surface area contributed by atoms with Crippen LogP contribution in [-0.2, 0) is 19.1 Å². The Hall–Kier alpha value is -1.10. The van der Waals surface area contributed by atoms with Gasteiger partial charge >= 0.3 is 11.9 Å². The van der Waals surface area contributed by atoms with E-state index in [1.807, 2.05) is 0 Å². The van der Waals surface area contributed by atoms with Crippen LogP contribution in [0.5, 0.6) is 0 Å². The summed E-state index contributed by atoms with van der Waals surface area (Å²) in [5.74, 6) is -0.591. The molecule has 0 aliphatic heterocycles. The third kappa shape index (κ3) is 21.6. The monoisotopic (exact) mass is 428 g/mol. The van der Waals surface area contributed by atoms with Crippen LogP contribution in [0.4, 0.5) is 0 Å². The fourth-order valence-corrected chi connectivity index (χ4v) is 3.38. The summed E-state index contributed by atoms with van der Waals surface area (Å²) in [6, 6.07) is 0. The molecule has 30 heavy (non-hydrogen) atoms. The van der Waals surface area contributed by atoms with Crippen molar-refractivity contribution < 1.29 is 24.2 Å². The summed E-state index contributed by atoms with van der Waals surface area (Å²) >= 11 is 0. The van der Waals surface area contributed by atoms with Crippen LogP contribution in [0.15, 0.2) is 0 Å². The normalized spacial score (nSPS) is 12.0. The van der Waals surface area contributed by atoms with Crippen molar-refractivity contribution in [3.63, 3.8) is 0 Å². The minimum absolute atomic E-state index is 0.112. The average Bonchev–Trinajstić information content (AvgIpc) is 2.74. The number of hydrogen-bond donors (Lipinski definition) is 1. The summed E-state index contributed by atoms with van der Waals surface area (Å²) in [6.45, 7) is 4.10. The molecule has 0 heterocycles. The SMILES string of the molecule is CCCCCCCCCCCCCCCC(=O)OCC(O)COC(=O)CCCCC. The zero-order chi connectivity index (χ0) is 22.3. The fourth-order valence-electron chi connectivity index (χ4n) is 3.38. The highest BCUT2D eigenvalue weighted by molar-refractivity contribution is 5.69. The van der Waals surface area contributed by atoms with Crippen molar-refractivity contribution in [2.24, 2.45) is 0 Å². The zero-order valence-electron chi connectivity index (χ0n) is 19.8. The van der Waals surface area contributed by atoms with Crippen LogP contribution in [0.2, 0.25) is 0 Å². The molecule has 0 rings (SSSR count). The predicted octanol–water partition coefficient (Wildman–Crippen LogP) is 6.50. The second kappa shape index (κ2) is 22.6. The molecule has 178 valence electrons. The third-order valence-corrected chi connectivity index (χ3v) is 5.34. The van der Waals surface area contributed by atoms with E-state index in [0.717, 1.165) is 32.1 Å². The van der Waals surface area contributed by atoms with E-state index < -0.39 is 6.10 Å². The van der Waals surface area contributed by atoms with Gasteiger partial charge in [-0.3, -0.25) is 9.59 Å². The van der Waals surface area contributed by atoms with Crippen molar-refractivity contribution in [1.82, 2.24) is 0 Å². The lowest BCUT2D eigenvalue weighted by molar-refractivity contribution is -0.152. The van der Waals surface area contributed by atoms with Gasteiger partial charge in [0.15, 0.2) is 0 Å². The third-order valence-electron chi connectivity index (χ3n) is 5.34. The highest BCUT2D eigenvalue weighted by atomic mass is 16.6. The molecule has 5 heteroatoms. The van der Waals surface area contributed by atoms with Crippen molar-refractivity contribution in [3.8, 4) is 0 Å². The molecule has 1 N–H and O–H groups in total. The van der Waals surface area contributed by atoms with E-state index in [1.54, 1.807) is 0 Å². The Labute approximate surface area is 185 Å². The molecule has 1 unspecified atom stereocenters. The molecule has 0 aromatic heterocycles. The Bertz CT molecular complexity index is 397. The van der Waals surface area contributed by atoms with Gasteiger partial charge in [-0.25, -0.2) is 0 Å². The number of carbonyl (C=O) groups is 2. The molecule has 0 saturated carbocycles. The van der Waals surface area contributed by atoms with Crippen LogP contribution in [0.25, 0.3) is 0 Å². The van der Waals surface area contributed by atoms with E-state index >= 15 is 0 Å². The molecule has 0 aliphatic carbocycles. The molecule has 0 spiro atoms. The highest BCUT2D eigenvalue weighted by Crippen LogP contribution is 2.13. The van der Waals surface area contributed by atoms with Crippen molar-refractivity contribution in [2.45, 2.75) is 136 Å². The molecule has 0 radical (unpaired) electrons. The molecule has 0 aliphatic rings. The number of unbranched alkanes of at least 4 members (excludes halogenated alkanes) is 14. The number of hydrogen-bond acceptors (Lipinski definition) is 5. The van der Waals surface area contributed by atoms with Crippen LogP contribution in [0.3, 0.4) is 0 Å². The maximum absolute atomic E-state index is 11.7. The minimum atomic E-state index is -0.948. The second-order valence-electron chi connectivity index (χ2n) is 8.47. The standard InChI is InChI=1S/C25H48O5/c1-3-5-7-8-9-10-11-12-13-14-15-16-18-20-25(28)30-22-23(26)21-29-24(27)19-17-6-4-2/h23,26H,3-22H2,1-2H3. The van der Waals surface area contributed by atoms with Gasteiger partial charge in [-0.1, -0.05) is 104 Å². The number of ether oxygens (including phenoxy) is 2. The van der Waals surface area contributed by atoms with E-state index in [-0.39, 0.29) is 25.2 Å². The number of aliphatic hydroxyl groups excluding tert-OH is 1. The van der Waals surface area contributed by atoms with E-state index in [9.17, 15) is 14.7 Å². The van der Waals surface area contributed by atoms with Crippen molar-refractivity contribution >= 4 is 11.9 Å². The van der Waals surface area contributed by atoms with Gasteiger partial charge in [0.25, 0.3) is 0 Å². The quantitative estimate of drug-likeness (QED) is 0.157. The molecule has 0 aromatic rings. The van der Waals surface area contributed by atoms with Gasteiger partial charge in [-0.05, 0) is 12.8 Å². The van der Waals surface area contributed by atoms with Gasteiger partial charge in [0.05, 0.1) is 0 Å². The van der Waals surface area contributed by atoms with Crippen LogP contribution in [0.1, 0.15) is 129 Å². The molecular formula is C25H48O5. The van der Waals surface area contributed by atoms with Crippen LogP contribution in [0, 0.1) is 0 Å². The van der Waals surface area contributed by atoms with Gasteiger partial charge in [-0.2, -0.15) is 0 Å². The van der Waals surface area contributed by atoms with Gasteiger partial charge in [0.1, 0.15) is 19.3 Å². The van der Waals surface area contributed by atoms with Crippen LogP contribution >= 0.6 is 0 Å². The Balaban J connectivity index is 3.38. The van der Waals surface area contributed by atoms with Crippen molar-refractivity contribution in [3.05, 3.63) is 0 Å². The van der Waals surface area contributed by atoms with E-state index in [1.165, 1.54) is 70.6 Å². The Morgan fingerprint density at radius 2 is 0.867 bits per heavy atom. The fraction of sp³-hybridized carbons (Fsp3) is 0.920. The summed E-state index contributed by atoms with van der Waals surface area (Å²) in [7, 11) is 0. The molecule has 5 nitrogen and oxygen atoms in total. The van der Waals surface area contributed by atoms with E-state index in [2.05, 4.69) is 13.8 Å². The smallest absolute Gasteiger partial charge is 0.305 e. The maximum atomic E-state index is 11.7. The summed E-state index contributed by atoms with van der Waals surface area (Å²) in [5.41, 5.74) is 0. The Morgan fingerprint density at radius 1 is 0.567 bits per heavy atom. The van der Waals surface area contributed by atoms with E-state index in [0.29, 0.717) is 12.8 Å². The van der Waals surface area contributed by atoms with Crippen molar-refractivity contribution in [1.29, 1.82) is 0 Å². The van der Waals surface area contributed by atoms with Crippen LogP contribution < -0.4 is 0 Å². The maximum Gasteiger partial charge on any atom is 0.305 e. The van der Waals surface area contributed by atoms with Gasteiger partial charge in [-0.15, -0.1) is 0 Å². The largest absolute Gasteiger partial charge is 0.463 e. The lowest BCUT2D eigenvalue weighted by Crippen LogP contribution is -2.25. The molecule has 0 aromatic carbocycles. The van der Waals surface area contributed by atoms with Gasteiger partial charge in [0, 0.05) is 12.8 Å². The van der Waals surface area contributed by atoms with Crippen LogP contribution in [-0.4, -0.2) is 36.4 Å². The molecule has 0 fully saturated rings. The average molecular weight is 429 g/mol. The van der Waals surface area contributed by atoms with Gasteiger partial charge < -0.3 is 14.6 Å². The summed E-state index contributed by atoms with van der Waals surface area (Å²) in [4.78, 5) is 23.2. The lowest BCUT2D eigenvalue weighted by Gasteiger charge is -2.12. The highest BCUT2D eigenvalue weighted by Gasteiger charge is 2.11. The number of carbonyl (C=O) groups excluding carboxylic acids is 2. The zero-order valence-corrected chi connectivity index (χ0v) is 19.8. The minimum Gasteiger partial charge on any atom is -0.463 e. The summed E-state index contributed by atoms with van der Waals surface area (Å²) < 4.78 is 10.0. The number of aliphatic hydroxyl groups is 1. The molecule has 0 amide bonds. The summed E-state index contributed by atoms with van der Waals surface area (Å²) in [5, 5.41) is 9.75. The Morgan fingerprint density at radius 3 is 1.27 bits per heavy atom. The summed E-state index contributed by atoms with van der Waals surface area (Å²) in [6.07, 6.45) is 19.2. The number of esters is 2. The van der Waals surface area contributed by atoms with Gasteiger partial charge in [0.2, 0.25) is 0 Å². The predicted molar refractivity (Wildman–Crippen MR) is 122 cm³/mol. The first-order valence-corrected chi connectivity index (χ1v) is 12.6. The van der Waals surface area contributed by atoms with Crippen molar-refractivity contribution in [2.75, 3.05) is 13.2 Å². The molecule has 1 atom stereocenters. The molecule has 0 saturated heterocycles.